The zero-order valence-corrected chi connectivity index (χ0v) is 13.1. The largest absolute Gasteiger partial charge is 0.393 e. The van der Waals surface area contributed by atoms with Crippen LogP contribution in [0.4, 0.5) is 0 Å². The van der Waals surface area contributed by atoms with Crippen molar-refractivity contribution in [3.05, 3.63) is 34.3 Å². The highest BCUT2D eigenvalue weighted by molar-refractivity contribution is 9.10. The van der Waals surface area contributed by atoms with E-state index in [0.717, 1.165) is 36.6 Å². The van der Waals surface area contributed by atoms with E-state index in [-0.39, 0.29) is 0 Å². The molecule has 0 aliphatic rings. The summed E-state index contributed by atoms with van der Waals surface area (Å²) in [6.07, 6.45) is 2.09. The van der Waals surface area contributed by atoms with Crippen LogP contribution in [0.25, 0.3) is 0 Å². The molecule has 0 unspecified atom stereocenters. The van der Waals surface area contributed by atoms with Crippen LogP contribution in [-0.4, -0.2) is 22.5 Å². The third kappa shape index (κ3) is 6.36. The lowest BCUT2D eigenvalue weighted by Gasteiger charge is -2.14. The zero-order chi connectivity index (χ0) is 12.5. The number of hydrogen-bond acceptors (Lipinski definition) is 2. The van der Waals surface area contributed by atoms with Gasteiger partial charge in [0.05, 0.1) is 0 Å². The second-order valence-corrected chi connectivity index (χ2v) is 6.47. The molecule has 17 heavy (non-hydrogen) atoms. The zero-order valence-electron chi connectivity index (χ0n) is 10.5. The van der Waals surface area contributed by atoms with Crippen LogP contribution in [0, 0.1) is 0 Å². The van der Waals surface area contributed by atoms with Crippen molar-refractivity contribution in [2.75, 3.05) is 13.2 Å². The van der Waals surface area contributed by atoms with Gasteiger partial charge in [-0.3, -0.25) is 0 Å². The van der Waals surface area contributed by atoms with Gasteiger partial charge in [0.25, 0.3) is 0 Å². The summed E-state index contributed by atoms with van der Waals surface area (Å²) in [5, 5.41) is 0. The first-order valence-electron chi connectivity index (χ1n) is 6.12. The van der Waals surface area contributed by atoms with Gasteiger partial charge in [-0.2, -0.15) is 0 Å². The van der Waals surface area contributed by atoms with E-state index >= 15 is 0 Å². The molecule has 0 saturated carbocycles. The second-order valence-electron chi connectivity index (χ2n) is 3.88. The normalized spacial score (nSPS) is 11.1. The first kappa shape index (κ1) is 14.9. The van der Waals surface area contributed by atoms with Crippen LogP contribution < -0.4 is 0 Å². The van der Waals surface area contributed by atoms with Crippen LogP contribution in [-0.2, 0) is 14.9 Å². The predicted molar refractivity (Wildman–Crippen MR) is 76.1 cm³/mol. The molecule has 0 heterocycles. The van der Waals surface area contributed by atoms with Crippen LogP contribution in [0.1, 0.15) is 32.3 Å². The molecule has 0 fully saturated rings. The van der Waals surface area contributed by atoms with Crippen LogP contribution >= 0.6 is 15.9 Å². The van der Waals surface area contributed by atoms with E-state index in [1.165, 1.54) is 5.56 Å². The fourth-order valence-electron chi connectivity index (χ4n) is 1.39. The first-order chi connectivity index (χ1) is 8.26. The molecule has 95 valence electrons. The summed E-state index contributed by atoms with van der Waals surface area (Å²) in [6, 6.07) is 9.26. The average molecular weight is 316 g/mol. The van der Waals surface area contributed by atoms with Crippen molar-refractivity contribution in [3.63, 3.8) is 0 Å². The number of benzene rings is 1. The summed E-state index contributed by atoms with van der Waals surface area (Å²) in [6.45, 7) is 5.84. The molecular weight excluding hydrogens is 296 g/mol. The highest BCUT2D eigenvalue weighted by Crippen LogP contribution is 2.13. The van der Waals surface area contributed by atoms with E-state index in [2.05, 4.69) is 48.0 Å². The molecule has 1 radical (unpaired) electrons. The van der Waals surface area contributed by atoms with Crippen molar-refractivity contribution < 1.29 is 8.85 Å². The van der Waals surface area contributed by atoms with Gasteiger partial charge in [0.2, 0.25) is 0 Å². The Kier molecular flexibility index (Phi) is 7.76. The predicted octanol–water partition coefficient (Wildman–Crippen LogP) is 3.87. The van der Waals surface area contributed by atoms with Crippen molar-refractivity contribution in [2.24, 2.45) is 0 Å². The maximum atomic E-state index is 5.80. The lowest BCUT2D eigenvalue weighted by atomic mass is 10.2. The van der Waals surface area contributed by atoms with Gasteiger partial charge in [-0.15, -0.1) is 0 Å². The Morgan fingerprint density at radius 3 is 2.29 bits per heavy atom. The Morgan fingerprint density at radius 2 is 1.76 bits per heavy atom. The molecule has 0 bridgehead atoms. The fraction of sp³-hybridized carbons (Fsp3) is 0.538. The van der Waals surface area contributed by atoms with Gasteiger partial charge in [0, 0.05) is 23.7 Å². The van der Waals surface area contributed by atoms with Gasteiger partial charge < -0.3 is 8.85 Å². The minimum atomic E-state index is -1.16. The Hall–Kier alpha value is -0.163. The summed E-state index contributed by atoms with van der Waals surface area (Å²) >= 11 is 3.49. The van der Waals surface area contributed by atoms with Crippen LogP contribution in [0.5, 0.6) is 0 Å². The summed E-state index contributed by atoms with van der Waals surface area (Å²) < 4.78 is 12.7. The Balaban J connectivity index is 2.51. The van der Waals surface area contributed by atoms with E-state index in [1.54, 1.807) is 0 Å². The summed E-state index contributed by atoms with van der Waals surface area (Å²) in [5.74, 6) is 0. The van der Waals surface area contributed by atoms with E-state index in [1.807, 2.05) is 6.07 Å². The molecule has 4 heteroatoms. The molecule has 1 aromatic rings. The lowest BCUT2D eigenvalue weighted by molar-refractivity contribution is 0.196. The Morgan fingerprint density at radius 1 is 1.12 bits per heavy atom. The van der Waals surface area contributed by atoms with Crippen molar-refractivity contribution in [1.82, 2.24) is 0 Å². The van der Waals surface area contributed by atoms with Crippen molar-refractivity contribution in [1.29, 1.82) is 0 Å². The third-order valence-corrected chi connectivity index (χ3v) is 4.41. The van der Waals surface area contributed by atoms with E-state index in [0.29, 0.717) is 0 Å². The second kappa shape index (κ2) is 8.86. The maximum absolute atomic E-state index is 5.80. The molecule has 0 amide bonds. The van der Waals surface area contributed by atoms with Crippen LogP contribution in [0.3, 0.4) is 0 Å². The van der Waals surface area contributed by atoms with Crippen molar-refractivity contribution in [2.45, 2.75) is 32.7 Å². The first-order valence-corrected chi connectivity index (χ1v) is 8.43. The SMILES string of the molecule is CCCO[Si](Cc1cccc(Br)c1)OCCC. The molecule has 0 N–H and O–H groups in total. The van der Waals surface area contributed by atoms with Gasteiger partial charge in [0.15, 0.2) is 0 Å². The quantitative estimate of drug-likeness (QED) is 0.678. The van der Waals surface area contributed by atoms with Crippen molar-refractivity contribution >= 4 is 25.2 Å². The average Bonchev–Trinajstić information content (AvgIpc) is 2.32. The van der Waals surface area contributed by atoms with Gasteiger partial charge in [-0.1, -0.05) is 41.9 Å². The molecule has 1 rings (SSSR count). The molecule has 0 aromatic heterocycles. The topological polar surface area (TPSA) is 18.5 Å². The molecule has 2 nitrogen and oxygen atoms in total. The van der Waals surface area contributed by atoms with E-state index in [9.17, 15) is 0 Å². The molecule has 0 aliphatic carbocycles. The monoisotopic (exact) mass is 315 g/mol. The van der Waals surface area contributed by atoms with Crippen LogP contribution in [0.2, 0.25) is 0 Å². The lowest BCUT2D eigenvalue weighted by Crippen LogP contribution is -2.27. The minimum absolute atomic E-state index is 0.798. The van der Waals surface area contributed by atoms with E-state index in [4.69, 9.17) is 8.85 Å². The van der Waals surface area contributed by atoms with Gasteiger partial charge in [-0.25, -0.2) is 0 Å². The molecule has 0 aliphatic heterocycles. The van der Waals surface area contributed by atoms with E-state index < -0.39 is 9.28 Å². The Labute approximate surface area is 114 Å². The fourth-order valence-corrected chi connectivity index (χ4v) is 3.54. The number of halogens is 1. The molecule has 0 atom stereocenters. The van der Waals surface area contributed by atoms with Gasteiger partial charge in [-0.05, 0) is 30.5 Å². The Bertz CT molecular complexity index is 312. The minimum Gasteiger partial charge on any atom is -0.393 e. The molecule has 0 saturated heterocycles. The molecular formula is C13H20BrO2Si. The molecule has 1 aromatic carbocycles. The third-order valence-electron chi connectivity index (χ3n) is 2.17. The standard InChI is InChI=1S/C13H20BrO2Si/c1-3-8-15-17(16-9-4-2)11-12-6-5-7-13(14)10-12/h5-7,10H,3-4,8-9,11H2,1-2H3. The molecule has 0 spiro atoms. The highest BCUT2D eigenvalue weighted by Gasteiger charge is 2.16. The highest BCUT2D eigenvalue weighted by atomic mass is 79.9. The number of hydrogen-bond donors (Lipinski definition) is 0. The van der Waals surface area contributed by atoms with Crippen LogP contribution in [0.15, 0.2) is 28.7 Å². The maximum Gasteiger partial charge on any atom is 0.389 e. The summed E-state index contributed by atoms with van der Waals surface area (Å²) in [4.78, 5) is 0. The number of rotatable bonds is 8. The van der Waals surface area contributed by atoms with Gasteiger partial charge in [0.1, 0.15) is 0 Å². The smallest absolute Gasteiger partial charge is 0.389 e. The van der Waals surface area contributed by atoms with Crippen molar-refractivity contribution in [3.8, 4) is 0 Å². The van der Waals surface area contributed by atoms with Gasteiger partial charge >= 0.3 is 9.28 Å². The summed E-state index contributed by atoms with van der Waals surface area (Å²) in [7, 11) is -1.16. The summed E-state index contributed by atoms with van der Waals surface area (Å²) in [5.41, 5.74) is 1.28.